The molecule has 4 rings (SSSR count). The van der Waals surface area contributed by atoms with E-state index < -0.39 is 5.63 Å². The number of fused-ring (bicyclic) bond motifs is 1. The smallest absolute Gasteiger partial charge is 0.336 e. The van der Waals surface area contributed by atoms with Crippen LogP contribution in [-0.4, -0.2) is 55.5 Å². The van der Waals surface area contributed by atoms with Crippen LogP contribution in [0.4, 0.5) is 5.69 Å². The van der Waals surface area contributed by atoms with Crippen LogP contribution >= 0.6 is 0 Å². The predicted octanol–water partition coefficient (Wildman–Crippen LogP) is 2.87. The maximum absolute atomic E-state index is 12.3. The molecule has 1 amide bonds. The summed E-state index contributed by atoms with van der Waals surface area (Å²) in [7, 11) is 2.15. The second-order valence-corrected chi connectivity index (χ2v) is 8.02. The van der Waals surface area contributed by atoms with Crippen molar-refractivity contribution in [1.29, 1.82) is 0 Å². The first-order chi connectivity index (χ1) is 15.0. The summed E-state index contributed by atoms with van der Waals surface area (Å²) in [6.07, 6.45) is 0. The molecule has 0 saturated carbocycles. The van der Waals surface area contributed by atoms with Crippen molar-refractivity contribution in [3.63, 3.8) is 0 Å². The third kappa shape index (κ3) is 5.51. The highest BCUT2D eigenvalue weighted by Gasteiger charge is 2.14. The SMILES string of the molecule is Cc1cc(=O)oc2cc(OCC(=O)Nc3ccc(CN4CCN(C)CC4)cc3)ccc12. The number of hydrogen-bond donors (Lipinski definition) is 1. The van der Waals surface area contributed by atoms with E-state index in [4.69, 9.17) is 9.15 Å². The van der Waals surface area contributed by atoms with E-state index in [0.29, 0.717) is 11.3 Å². The van der Waals surface area contributed by atoms with Crippen LogP contribution < -0.4 is 15.7 Å². The number of amides is 1. The molecule has 7 nitrogen and oxygen atoms in total. The fourth-order valence-corrected chi connectivity index (χ4v) is 3.70. The van der Waals surface area contributed by atoms with Crippen LogP contribution in [-0.2, 0) is 11.3 Å². The van der Waals surface area contributed by atoms with E-state index in [1.807, 2.05) is 37.3 Å². The van der Waals surface area contributed by atoms with Crippen LogP contribution in [0.5, 0.6) is 5.75 Å². The number of nitrogens with zero attached hydrogens (tertiary/aromatic N) is 2. The molecule has 2 heterocycles. The van der Waals surface area contributed by atoms with Gasteiger partial charge in [-0.05, 0) is 49.4 Å². The number of benzene rings is 2. The molecule has 1 aliphatic rings. The molecule has 1 aliphatic heterocycles. The Balaban J connectivity index is 1.29. The number of anilines is 1. The van der Waals surface area contributed by atoms with Crippen LogP contribution in [0.1, 0.15) is 11.1 Å². The molecule has 0 spiro atoms. The molecule has 31 heavy (non-hydrogen) atoms. The number of carbonyl (C=O) groups is 1. The van der Waals surface area contributed by atoms with Gasteiger partial charge in [-0.25, -0.2) is 4.79 Å². The summed E-state index contributed by atoms with van der Waals surface area (Å²) in [6, 6.07) is 14.6. The number of hydrogen-bond acceptors (Lipinski definition) is 6. The first-order valence-corrected chi connectivity index (χ1v) is 10.4. The van der Waals surface area contributed by atoms with Gasteiger partial charge >= 0.3 is 5.63 Å². The summed E-state index contributed by atoms with van der Waals surface area (Å²) in [5, 5.41) is 3.69. The van der Waals surface area contributed by atoms with Gasteiger partial charge in [0, 0.05) is 55.9 Å². The third-order valence-electron chi connectivity index (χ3n) is 5.53. The monoisotopic (exact) mass is 421 g/mol. The van der Waals surface area contributed by atoms with Gasteiger partial charge < -0.3 is 19.4 Å². The van der Waals surface area contributed by atoms with E-state index in [2.05, 4.69) is 22.2 Å². The highest BCUT2D eigenvalue weighted by atomic mass is 16.5. The zero-order chi connectivity index (χ0) is 21.8. The quantitative estimate of drug-likeness (QED) is 0.617. The lowest BCUT2D eigenvalue weighted by Crippen LogP contribution is -2.43. The second kappa shape index (κ2) is 9.32. The number of piperazine rings is 1. The van der Waals surface area contributed by atoms with Gasteiger partial charge in [0.25, 0.3) is 5.91 Å². The standard InChI is InChI=1S/C24H27N3O4/c1-17-13-24(29)31-22-14-20(7-8-21(17)22)30-16-23(28)25-19-5-3-18(4-6-19)15-27-11-9-26(2)10-12-27/h3-8,13-14H,9-12,15-16H2,1-2H3,(H,25,28). The van der Waals surface area contributed by atoms with Crippen molar-refractivity contribution in [3.05, 3.63) is 70.1 Å². The fraction of sp³-hybridized carbons (Fsp3) is 0.333. The lowest BCUT2D eigenvalue weighted by atomic mass is 10.1. The average Bonchev–Trinajstić information content (AvgIpc) is 2.75. The van der Waals surface area contributed by atoms with Crippen molar-refractivity contribution >= 4 is 22.6 Å². The van der Waals surface area contributed by atoms with Gasteiger partial charge in [0.15, 0.2) is 6.61 Å². The minimum absolute atomic E-state index is 0.134. The Kier molecular flexibility index (Phi) is 6.34. The summed E-state index contributed by atoms with van der Waals surface area (Å²) >= 11 is 0. The lowest BCUT2D eigenvalue weighted by Gasteiger charge is -2.32. The molecule has 1 aromatic heterocycles. The molecule has 0 bridgehead atoms. The number of ether oxygens (including phenoxy) is 1. The summed E-state index contributed by atoms with van der Waals surface area (Å²) in [6.45, 7) is 6.97. The molecule has 0 aliphatic carbocycles. The minimum Gasteiger partial charge on any atom is -0.484 e. The molecule has 0 radical (unpaired) electrons. The second-order valence-electron chi connectivity index (χ2n) is 8.02. The molecule has 0 atom stereocenters. The largest absolute Gasteiger partial charge is 0.484 e. The number of rotatable bonds is 6. The zero-order valence-corrected chi connectivity index (χ0v) is 17.9. The predicted molar refractivity (Wildman–Crippen MR) is 121 cm³/mol. The maximum Gasteiger partial charge on any atom is 0.336 e. The van der Waals surface area contributed by atoms with Gasteiger partial charge in [-0.1, -0.05) is 12.1 Å². The first kappa shape index (κ1) is 21.1. The average molecular weight is 421 g/mol. The Hall–Kier alpha value is -3.16. The molecular weight excluding hydrogens is 394 g/mol. The molecule has 162 valence electrons. The van der Waals surface area contributed by atoms with Crippen LogP contribution in [0.25, 0.3) is 11.0 Å². The fourth-order valence-electron chi connectivity index (χ4n) is 3.70. The number of aryl methyl sites for hydroxylation is 1. The Labute approximate surface area is 181 Å². The van der Waals surface area contributed by atoms with Crippen LogP contribution in [0.15, 0.2) is 57.7 Å². The van der Waals surface area contributed by atoms with Crippen molar-refractivity contribution in [2.24, 2.45) is 0 Å². The van der Waals surface area contributed by atoms with Gasteiger partial charge in [0.2, 0.25) is 0 Å². The summed E-state index contributed by atoms with van der Waals surface area (Å²) in [5.74, 6) is 0.219. The van der Waals surface area contributed by atoms with Crippen LogP contribution in [0, 0.1) is 6.92 Å². The Morgan fingerprint density at radius 3 is 2.55 bits per heavy atom. The molecule has 0 unspecified atom stereocenters. The van der Waals surface area contributed by atoms with E-state index in [-0.39, 0.29) is 12.5 Å². The molecule has 7 heteroatoms. The molecule has 3 aromatic rings. The Morgan fingerprint density at radius 1 is 1.06 bits per heavy atom. The van der Waals surface area contributed by atoms with Gasteiger partial charge in [-0.15, -0.1) is 0 Å². The first-order valence-electron chi connectivity index (χ1n) is 10.4. The topological polar surface area (TPSA) is 75.0 Å². The van der Waals surface area contributed by atoms with E-state index in [9.17, 15) is 9.59 Å². The van der Waals surface area contributed by atoms with Crippen molar-refractivity contribution < 1.29 is 13.9 Å². The number of nitrogens with one attached hydrogen (secondary N) is 1. The van der Waals surface area contributed by atoms with Gasteiger partial charge in [0.05, 0.1) is 0 Å². The zero-order valence-electron chi connectivity index (χ0n) is 17.9. The number of carbonyl (C=O) groups excluding carboxylic acids is 1. The van der Waals surface area contributed by atoms with E-state index in [0.717, 1.165) is 49.4 Å². The number of likely N-dealkylation sites (N-methyl/N-ethyl adjacent to an activating group) is 1. The summed E-state index contributed by atoms with van der Waals surface area (Å²) in [4.78, 5) is 28.6. The lowest BCUT2D eigenvalue weighted by molar-refractivity contribution is -0.118. The van der Waals surface area contributed by atoms with Crippen molar-refractivity contribution in [3.8, 4) is 5.75 Å². The van der Waals surface area contributed by atoms with Crippen LogP contribution in [0.2, 0.25) is 0 Å². The van der Waals surface area contributed by atoms with Crippen LogP contribution in [0.3, 0.4) is 0 Å². The van der Waals surface area contributed by atoms with Crippen molar-refractivity contribution in [1.82, 2.24) is 9.80 Å². The summed E-state index contributed by atoms with van der Waals surface area (Å²) < 4.78 is 10.8. The third-order valence-corrected chi connectivity index (χ3v) is 5.53. The molecular formula is C24H27N3O4. The van der Waals surface area contributed by atoms with E-state index in [1.165, 1.54) is 11.6 Å². The maximum atomic E-state index is 12.3. The van der Waals surface area contributed by atoms with Gasteiger partial charge in [-0.3, -0.25) is 9.69 Å². The Bertz CT molecular complexity index is 1120. The highest BCUT2D eigenvalue weighted by molar-refractivity contribution is 5.92. The highest BCUT2D eigenvalue weighted by Crippen LogP contribution is 2.22. The van der Waals surface area contributed by atoms with Crippen molar-refractivity contribution in [2.45, 2.75) is 13.5 Å². The van der Waals surface area contributed by atoms with Gasteiger partial charge in [-0.2, -0.15) is 0 Å². The molecule has 2 aromatic carbocycles. The normalized spacial score (nSPS) is 15.2. The minimum atomic E-state index is -0.407. The van der Waals surface area contributed by atoms with E-state index >= 15 is 0 Å². The summed E-state index contributed by atoms with van der Waals surface area (Å²) in [5.41, 5.74) is 2.84. The van der Waals surface area contributed by atoms with Gasteiger partial charge in [0.1, 0.15) is 11.3 Å². The van der Waals surface area contributed by atoms with Crippen molar-refractivity contribution in [2.75, 3.05) is 45.2 Å². The molecule has 1 saturated heterocycles. The molecule has 1 fully saturated rings. The Morgan fingerprint density at radius 2 is 1.81 bits per heavy atom. The van der Waals surface area contributed by atoms with E-state index in [1.54, 1.807) is 12.1 Å². The molecule has 1 N–H and O–H groups in total.